The number of hydrogen-bond acceptors (Lipinski definition) is 7. The molecule has 0 unspecified atom stereocenters. The number of aromatic nitrogens is 4. The first-order valence-electron chi connectivity index (χ1n) is 5.58. The zero-order valence-electron chi connectivity index (χ0n) is 11.0. The molecular formula is C10H11F3N4O4. The molecule has 0 spiro atoms. The Hall–Kier alpha value is -2.46. The number of carbonyl (C=O) groups is 2. The number of alkyl halides is 3. The minimum atomic E-state index is -4.73. The van der Waals surface area contributed by atoms with Gasteiger partial charge in [0.1, 0.15) is 12.3 Å². The summed E-state index contributed by atoms with van der Waals surface area (Å²) in [5.41, 5.74) is 0. The SMILES string of the molecule is CCOC(=O)C(=O)/C=C(\Cn1nnc(C(F)(F)F)n1)OC. The molecule has 0 fully saturated rings. The molecule has 1 aromatic rings. The van der Waals surface area contributed by atoms with Gasteiger partial charge in [0.2, 0.25) is 0 Å². The molecule has 8 nitrogen and oxygen atoms in total. The second kappa shape index (κ2) is 6.81. The van der Waals surface area contributed by atoms with Crippen molar-refractivity contribution in [1.29, 1.82) is 0 Å². The van der Waals surface area contributed by atoms with Crippen LogP contribution in [-0.2, 0) is 31.8 Å². The van der Waals surface area contributed by atoms with Crippen LogP contribution in [0.15, 0.2) is 11.8 Å². The van der Waals surface area contributed by atoms with Gasteiger partial charge in [-0.2, -0.15) is 18.0 Å². The quantitative estimate of drug-likeness (QED) is 0.324. The summed E-state index contributed by atoms with van der Waals surface area (Å²) in [6.45, 7) is 1.13. The summed E-state index contributed by atoms with van der Waals surface area (Å²) in [6.07, 6.45) is -3.94. The molecule has 21 heavy (non-hydrogen) atoms. The molecule has 1 aromatic heterocycles. The second-order valence-corrected chi connectivity index (χ2v) is 3.54. The topological polar surface area (TPSA) is 96.2 Å². The number of carbonyl (C=O) groups excluding carboxylic acids is 2. The summed E-state index contributed by atoms with van der Waals surface area (Å²) in [5, 5.41) is 9.06. The van der Waals surface area contributed by atoms with Gasteiger partial charge in [0.05, 0.1) is 13.7 Å². The standard InChI is InChI=1S/C10H11F3N4O4/c1-3-21-8(19)7(18)4-6(20-2)5-17-15-9(14-16-17)10(11,12)13/h4H,3,5H2,1-2H3/b6-4+. The molecule has 0 aromatic carbocycles. The zero-order valence-corrected chi connectivity index (χ0v) is 11.0. The molecule has 0 saturated carbocycles. The Kier molecular flexibility index (Phi) is 5.38. The van der Waals surface area contributed by atoms with Crippen molar-refractivity contribution in [2.45, 2.75) is 19.6 Å². The lowest BCUT2D eigenvalue weighted by molar-refractivity contribution is -0.151. The monoisotopic (exact) mass is 308 g/mol. The van der Waals surface area contributed by atoms with Gasteiger partial charge in [0.25, 0.3) is 11.6 Å². The summed E-state index contributed by atoms with van der Waals surface area (Å²) in [4.78, 5) is 23.1. The van der Waals surface area contributed by atoms with Crippen LogP contribution in [0.2, 0.25) is 0 Å². The molecule has 0 aliphatic carbocycles. The van der Waals surface area contributed by atoms with E-state index in [0.29, 0.717) is 4.80 Å². The Morgan fingerprint density at radius 3 is 2.52 bits per heavy atom. The first-order valence-corrected chi connectivity index (χ1v) is 5.58. The Labute approximate surface area is 116 Å². The fraction of sp³-hybridized carbons (Fsp3) is 0.500. The van der Waals surface area contributed by atoms with E-state index in [4.69, 9.17) is 4.74 Å². The van der Waals surface area contributed by atoms with Crippen molar-refractivity contribution in [2.24, 2.45) is 0 Å². The predicted molar refractivity (Wildman–Crippen MR) is 59.6 cm³/mol. The van der Waals surface area contributed by atoms with Crippen LogP contribution in [0.5, 0.6) is 0 Å². The van der Waals surface area contributed by atoms with E-state index in [1.54, 1.807) is 0 Å². The van der Waals surface area contributed by atoms with Crippen LogP contribution in [0.25, 0.3) is 0 Å². The van der Waals surface area contributed by atoms with E-state index in [1.807, 2.05) is 0 Å². The van der Waals surface area contributed by atoms with Crippen LogP contribution >= 0.6 is 0 Å². The normalized spacial score (nSPS) is 12.1. The van der Waals surface area contributed by atoms with E-state index < -0.39 is 30.3 Å². The molecule has 0 saturated heterocycles. The molecule has 1 heterocycles. The van der Waals surface area contributed by atoms with Crippen LogP contribution in [0.4, 0.5) is 13.2 Å². The fourth-order valence-electron chi connectivity index (χ4n) is 1.14. The molecule has 0 N–H and O–H groups in total. The van der Waals surface area contributed by atoms with Crippen LogP contribution in [-0.4, -0.2) is 45.7 Å². The second-order valence-electron chi connectivity index (χ2n) is 3.54. The van der Waals surface area contributed by atoms with Crippen LogP contribution in [0.1, 0.15) is 12.7 Å². The number of ketones is 1. The van der Waals surface area contributed by atoms with E-state index in [2.05, 4.69) is 20.1 Å². The minimum absolute atomic E-state index is 0.0142. The average molecular weight is 308 g/mol. The summed E-state index contributed by atoms with van der Waals surface area (Å²) in [6, 6.07) is 0. The average Bonchev–Trinajstić information content (AvgIpc) is 2.86. The molecule has 0 radical (unpaired) electrons. The lowest BCUT2D eigenvalue weighted by Crippen LogP contribution is -2.17. The van der Waals surface area contributed by atoms with Crippen molar-refractivity contribution in [1.82, 2.24) is 20.2 Å². The smallest absolute Gasteiger partial charge is 0.455 e. The summed E-state index contributed by atoms with van der Waals surface area (Å²) in [5.74, 6) is -3.66. The van der Waals surface area contributed by atoms with E-state index in [9.17, 15) is 22.8 Å². The Morgan fingerprint density at radius 1 is 1.38 bits per heavy atom. The molecule has 0 aliphatic heterocycles. The van der Waals surface area contributed by atoms with E-state index in [-0.39, 0.29) is 12.4 Å². The maximum absolute atomic E-state index is 12.3. The first-order chi connectivity index (χ1) is 9.77. The van der Waals surface area contributed by atoms with Crippen molar-refractivity contribution in [2.75, 3.05) is 13.7 Å². The van der Waals surface area contributed by atoms with Crippen LogP contribution < -0.4 is 0 Å². The first kappa shape index (κ1) is 16.6. The van der Waals surface area contributed by atoms with Gasteiger partial charge in [-0.25, -0.2) is 4.79 Å². The predicted octanol–water partition coefficient (Wildman–Crippen LogP) is 0.354. The van der Waals surface area contributed by atoms with Gasteiger partial charge >= 0.3 is 12.1 Å². The number of ether oxygens (including phenoxy) is 2. The van der Waals surface area contributed by atoms with Gasteiger partial charge < -0.3 is 9.47 Å². The van der Waals surface area contributed by atoms with Gasteiger partial charge in [0.15, 0.2) is 0 Å². The third-order valence-corrected chi connectivity index (χ3v) is 2.03. The van der Waals surface area contributed by atoms with Crippen LogP contribution in [0, 0.1) is 0 Å². The third kappa shape index (κ3) is 4.85. The van der Waals surface area contributed by atoms with E-state index >= 15 is 0 Å². The van der Waals surface area contributed by atoms with Gasteiger partial charge in [-0.1, -0.05) is 0 Å². The molecule has 116 valence electrons. The lowest BCUT2D eigenvalue weighted by atomic mass is 10.3. The van der Waals surface area contributed by atoms with Gasteiger partial charge in [-0.05, 0) is 12.1 Å². The zero-order chi connectivity index (χ0) is 16.0. The minimum Gasteiger partial charge on any atom is -0.499 e. The number of tetrazole rings is 1. The summed E-state index contributed by atoms with van der Waals surface area (Å²) < 4.78 is 46.1. The number of esters is 1. The fourth-order valence-corrected chi connectivity index (χ4v) is 1.14. The lowest BCUT2D eigenvalue weighted by Gasteiger charge is -2.04. The molecule has 0 atom stereocenters. The Morgan fingerprint density at radius 2 is 2.05 bits per heavy atom. The van der Waals surface area contributed by atoms with Crippen molar-refractivity contribution in [3.63, 3.8) is 0 Å². The molecular weight excluding hydrogens is 297 g/mol. The van der Waals surface area contributed by atoms with Crippen molar-refractivity contribution < 1.29 is 32.2 Å². The Balaban J connectivity index is 2.80. The number of allylic oxidation sites excluding steroid dienone is 1. The number of rotatable bonds is 6. The highest BCUT2D eigenvalue weighted by Gasteiger charge is 2.36. The number of nitrogens with zero attached hydrogens (tertiary/aromatic N) is 4. The summed E-state index contributed by atoms with van der Waals surface area (Å²) in [7, 11) is 1.17. The Bertz CT molecular complexity index is 553. The largest absolute Gasteiger partial charge is 0.499 e. The van der Waals surface area contributed by atoms with Crippen molar-refractivity contribution in [3.05, 3.63) is 17.7 Å². The highest BCUT2D eigenvalue weighted by atomic mass is 19.4. The highest BCUT2D eigenvalue weighted by Crippen LogP contribution is 2.24. The van der Waals surface area contributed by atoms with Crippen molar-refractivity contribution in [3.8, 4) is 0 Å². The molecule has 0 bridgehead atoms. The maximum Gasteiger partial charge on any atom is 0.455 e. The highest BCUT2D eigenvalue weighted by molar-refractivity contribution is 6.38. The maximum atomic E-state index is 12.3. The molecule has 11 heteroatoms. The number of hydrogen-bond donors (Lipinski definition) is 0. The van der Waals surface area contributed by atoms with Gasteiger partial charge in [-0.15, -0.1) is 10.2 Å². The number of methoxy groups -OCH3 is 1. The van der Waals surface area contributed by atoms with Crippen molar-refractivity contribution >= 4 is 11.8 Å². The molecule has 0 amide bonds. The summed E-state index contributed by atoms with van der Waals surface area (Å²) >= 11 is 0. The molecule has 0 aliphatic rings. The van der Waals surface area contributed by atoms with Crippen LogP contribution in [0.3, 0.4) is 0 Å². The van der Waals surface area contributed by atoms with E-state index in [0.717, 1.165) is 6.08 Å². The third-order valence-electron chi connectivity index (χ3n) is 2.03. The molecule has 1 rings (SSSR count). The van der Waals surface area contributed by atoms with E-state index in [1.165, 1.54) is 14.0 Å². The van der Waals surface area contributed by atoms with Gasteiger partial charge in [-0.3, -0.25) is 4.79 Å². The van der Waals surface area contributed by atoms with Gasteiger partial charge in [0, 0.05) is 6.08 Å². The number of halogens is 3.